The van der Waals surface area contributed by atoms with Crippen molar-refractivity contribution < 1.29 is 22.7 Å². The Morgan fingerprint density at radius 2 is 1.58 bits per heavy atom. The molecule has 3 aromatic rings. The summed E-state index contributed by atoms with van der Waals surface area (Å²) in [5.74, 6) is -3.08. The zero-order valence-electron chi connectivity index (χ0n) is 12.4. The van der Waals surface area contributed by atoms with E-state index in [4.69, 9.17) is 10.8 Å². The Balaban J connectivity index is 0.000000219. The number of benzene rings is 2. The van der Waals surface area contributed by atoms with Crippen molar-refractivity contribution in [2.45, 2.75) is 12.7 Å². The number of hydrogen-bond acceptors (Lipinski definition) is 4. The van der Waals surface area contributed by atoms with E-state index in [0.717, 1.165) is 0 Å². The first-order chi connectivity index (χ1) is 11.3. The van der Waals surface area contributed by atoms with E-state index in [0.29, 0.717) is 6.54 Å². The van der Waals surface area contributed by atoms with Crippen LogP contribution >= 0.6 is 0 Å². The molecule has 4 nitrogen and oxygen atoms in total. The topological polar surface area (TPSA) is 76.5 Å². The third kappa shape index (κ3) is 3.94. The van der Waals surface area contributed by atoms with E-state index in [-0.39, 0.29) is 11.0 Å². The molecule has 0 aliphatic heterocycles. The first-order valence-electron chi connectivity index (χ1n) is 6.90. The lowest BCUT2D eigenvalue weighted by molar-refractivity contribution is -0.154. The number of aromatic hydroxyl groups is 1. The van der Waals surface area contributed by atoms with Crippen LogP contribution in [0.1, 0.15) is 11.3 Å². The second kappa shape index (κ2) is 7.18. The molecule has 0 saturated heterocycles. The van der Waals surface area contributed by atoms with Crippen molar-refractivity contribution >= 4 is 11.0 Å². The van der Waals surface area contributed by atoms with Gasteiger partial charge in [0.15, 0.2) is 0 Å². The molecule has 126 valence electrons. The molecule has 7 heteroatoms. The Labute approximate surface area is 135 Å². The molecule has 3 rings (SSSR count). The Kier molecular flexibility index (Phi) is 5.25. The van der Waals surface area contributed by atoms with Crippen LogP contribution in [0.5, 0.6) is 5.75 Å². The first kappa shape index (κ1) is 17.6. The highest BCUT2D eigenvalue weighted by Gasteiger charge is 2.39. The van der Waals surface area contributed by atoms with Crippen LogP contribution in [0.25, 0.3) is 11.0 Å². The molecule has 0 radical (unpaired) electrons. The Hall–Kier alpha value is -2.80. The van der Waals surface area contributed by atoms with E-state index in [2.05, 4.69) is 4.42 Å². The molecule has 0 atom stereocenters. The fourth-order valence-corrected chi connectivity index (χ4v) is 1.94. The van der Waals surface area contributed by atoms with Crippen molar-refractivity contribution in [3.63, 3.8) is 0 Å². The molecule has 1 heterocycles. The van der Waals surface area contributed by atoms with Crippen LogP contribution in [0.2, 0.25) is 0 Å². The maximum absolute atomic E-state index is 12.4. The summed E-state index contributed by atoms with van der Waals surface area (Å²) in [6.07, 6.45) is -4.90. The van der Waals surface area contributed by atoms with Gasteiger partial charge in [-0.1, -0.05) is 42.5 Å². The number of halogens is 3. The molecule has 0 saturated carbocycles. The maximum atomic E-state index is 12.4. The normalized spacial score (nSPS) is 11.0. The van der Waals surface area contributed by atoms with Crippen LogP contribution in [0.15, 0.2) is 63.8 Å². The fraction of sp³-hybridized carbons (Fsp3) is 0.118. The summed E-state index contributed by atoms with van der Waals surface area (Å²) in [4.78, 5) is 11.4. The van der Waals surface area contributed by atoms with E-state index in [9.17, 15) is 18.0 Å². The van der Waals surface area contributed by atoms with Crippen molar-refractivity contribution in [1.82, 2.24) is 0 Å². The number of para-hydroxylation sites is 1. The molecule has 0 bridgehead atoms. The van der Waals surface area contributed by atoms with Gasteiger partial charge in [0.1, 0.15) is 5.58 Å². The standard InChI is InChI=1S/C10H5F3O3.C7H9N/c11-10(12,13)9-8(15)7(14)5-3-1-2-4-6(5)16-9;8-6-7-4-2-1-3-5-7/h1-4,15H;1-5H,6,8H2. The van der Waals surface area contributed by atoms with Crippen molar-refractivity contribution in [3.05, 3.63) is 76.1 Å². The van der Waals surface area contributed by atoms with E-state index in [1.807, 2.05) is 30.3 Å². The Morgan fingerprint density at radius 3 is 2.12 bits per heavy atom. The SMILES string of the molecule is NCc1ccccc1.O=c1c(O)c(C(F)(F)F)oc2ccccc12. The maximum Gasteiger partial charge on any atom is 0.453 e. The van der Waals surface area contributed by atoms with Crippen molar-refractivity contribution in [2.24, 2.45) is 5.73 Å². The summed E-state index contributed by atoms with van der Waals surface area (Å²) >= 11 is 0. The molecule has 24 heavy (non-hydrogen) atoms. The lowest BCUT2D eigenvalue weighted by Gasteiger charge is -2.07. The summed E-state index contributed by atoms with van der Waals surface area (Å²) in [7, 11) is 0. The highest BCUT2D eigenvalue weighted by Crippen LogP contribution is 2.35. The van der Waals surface area contributed by atoms with Gasteiger partial charge >= 0.3 is 6.18 Å². The summed E-state index contributed by atoms with van der Waals surface area (Å²) in [5.41, 5.74) is 5.24. The minimum atomic E-state index is -4.90. The predicted octanol–water partition coefficient (Wildman–Crippen LogP) is 3.66. The van der Waals surface area contributed by atoms with Crippen LogP contribution in [-0.2, 0) is 12.7 Å². The summed E-state index contributed by atoms with van der Waals surface area (Å²) in [6.45, 7) is 0.640. The molecule has 0 fully saturated rings. The smallest absolute Gasteiger partial charge is 0.453 e. The minimum absolute atomic E-state index is 0.0898. The van der Waals surface area contributed by atoms with Crippen LogP contribution in [-0.4, -0.2) is 5.11 Å². The second-order valence-corrected chi connectivity index (χ2v) is 4.79. The summed E-state index contributed by atoms with van der Waals surface area (Å²) < 4.78 is 41.6. The van der Waals surface area contributed by atoms with Gasteiger partial charge < -0.3 is 15.3 Å². The van der Waals surface area contributed by atoms with Crippen LogP contribution in [0.3, 0.4) is 0 Å². The molecule has 0 aliphatic rings. The molecule has 2 aromatic carbocycles. The van der Waals surface area contributed by atoms with E-state index >= 15 is 0 Å². The molecular weight excluding hydrogens is 323 g/mol. The van der Waals surface area contributed by atoms with E-state index in [1.54, 1.807) is 0 Å². The molecule has 1 aromatic heterocycles. The summed E-state index contributed by atoms with van der Waals surface area (Å²) in [6, 6.07) is 15.4. The Bertz CT molecular complexity index is 874. The lowest BCUT2D eigenvalue weighted by Crippen LogP contribution is -2.12. The van der Waals surface area contributed by atoms with Crippen molar-refractivity contribution in [1.29, 1.82) is 0 Å². The molecule has 0 unspecified atom stereocenters. The van der Waals surface area contributed by atoms with Crippen molar-refractivity contribution in [3.8, 4) is 5.75 Å². The van der Waals surface area contributed by atoms with Gasteiger partial charge in [-0.05, 0) is 17.7 Å². The van der Waals surface area contributed by atoms with E-state index < -0.39 is 23.1 Å². The minimum Gasteiger partial charge on any atom is -0.502 e. The molecule has 0 spiro atoms. The van der Waals surface area contributed by atoms with Gasteiger partial charge in [0.25, 0.3) is 5.76 Å². The van der Waals surface area contributed by atoms with Gasteiger partial charge in [0, 0.05) is 6.54 Å². The number of fused-ring (bicyclic) bond motifs is 1. The zero-order valence-corrected chi connectivity index (χ0v) is 12.4. The largest absolute Gasteiger partial charge is 0.502 e. The highest BCUT2D eigenvalue weighted by atomic mass is 19.4. The zero-order chi connectivity index (χ0) is 17.7. The van der Waals surface area contributed by atoms with Crippen LogP contribution in [0, 0.1) is 0 Å². The number of hydrogen-bond donors (Lipinski definition) is 2. The Morgan fingerprint density at radius 1 is 1.00 bits per heavy atom. The van der Waals surface area contributed by atoms with E-state index in [1.165, 1.54) is 29.8 Å². The molecule has 0 aliphatic carbocycles. The third-order valence-electron chi connectivity index (χ3n) is 3.11. The predicted molar refractivity (Wildman–Crippen MR) is 83.5 cm³/mol. The molecule has 3 N–H and O–H groups in total. The fourth-order valence-electron chi connectivity index (χ4n) is 1.94. The molecule has 0 amide bonds. The van der Waals surface area contributed by atoms with Gasteiger partial charge in [-0.25, -0.2) is 0 Å². The van der Waals surface area contributed by atoms with Gasteiger partial charge in [0.2, 0.25) is 11.2 Å². The van der Waals surface area contributed by atoms with Crippen molar-refractivity contribution in [2.75, 3.05) is 0 Å². The lowest BCUT2D eigenvalue weighted by atomic mass is 10.2. The van der Waals surface area contributed by atoms with Gasteiger partial charge in [0.05, 0.1) is 5.39 Å². The average Bonchev–Trinajstić information content (AvgIpc) is 2.58. The van der Waals surface area contributed by atoms with Crippen LogP contribution < -0.4 is 11.2 Å². The second-order valence-electron chi connectivity index (χ2n) is 4.79. The number of alkyl halides is 3. The van der Waals surface area contributed by atoms with Gasteiger partial charge in [-0.2, -0.15) is 13.2 Å². The van der Waals surface area contributed by atoms with Gasteiger partial charge in [-0.15, -0.1) is 0 Å². The van der Waals surface area contributed by atoms with Gasteiger partial charge in [-0.3, -0.25) is 4.79 Å². The number of rotatable bonds is 1. The van der Waals surface area contributed by atoms with Crippen LogP contribution in [0.4, 0.5) is 13.2 Å². The highest BCUT2D eigenvalue weighted by molar-refractivity contribution is 5.77. The summed E-state index contributed by atoms with van der Waals surface area (Å²) in [5, 5.41) is 9.02. The average molecular weight is 337 g/mol. The monoisotopic (exact) mass is 337 g/mol. The first-order valence-corrected chi connectivity index (χ1v) is 6.90. The number of nitrogens with two attached hydrogens (primary N) is 1. The molecular formula is C17H14F3NO3. The quantitative estimate of drug-likeness (QED) is 0.710. The third-order valence-corrected chi connectivity index (χ3v) is 3.11.